The third kappa shape index (κ3) is 1.79. The number of rotatable bonds is 2. The molecular formula is C14H7F2NO2. The molecule has 3 aromatic rings. The summed E-state index contributed by atoms with van der Waals surface area (Å²) < 4.78 is 31.2. The topological polar surface area (TPSA) is 43.1 Å². The van der Waals surface area contributed by atoms with Gasteiger partial charge in [0.15, 0.2) is 23.5 Å². The molecule has 0 saturated heterocycles. The Labute approximate surface area is 106 Å². The van der Waals surface area contributed by atoms with E-state index in [1.165, 1.54) is 6.07 Å². The van der Waals surface area contributed by atoms with Crippen LogP contribution < -0.4 is 0 Å². The third-order valence-electron chi connectivity index (χ3n) is 2.85. The molecule has 1 heterocycles. The molecule has 19 heavy (non-hydrogen) atoms. The fourth-order valence-corrected chi connectivity index (χ4v) is 1.93. The number of aldehydes is 1. The van der Waals surface area contributed by atoms with Crippen LogP contribution in [-0.4, -0.2) is 11.4 Å². The maximum atomic E-state index is 13.2. The lowest BCUT2D eigenvalue weighted by molar-refractivity contribution is 0.112. The molecule has 3 rings (SSSR count). The molecule has 0 aliphatic heterocycles. The Hall–Kier alpha value is -2.56. The molecule has 0 spiro atoms. The predicted molar refractivity (Wildman–Crippen MR) is 64.7 cm³/mol. The van der Waals surface area contributed by atoms with Crippen molar-refractivity contribution in [2.75, 3.05) is 0 Å². The van der Waals surface area contributed by atoms with Crippen LogP contribution in [0.3, 0.4) is 0 Å². The highest BCUT2D eigenvalue weighted by molar-refractivity contribution is 6.00. The van der Waals surface area contributed by atoms with Gasteiger partial charge in [0, 0.05) is 5.56 Å². The summed E-state index contributed by atoms with van der Waals surface area (Å²) >= 11 is 0. The Morgan fingerprint density at radius 3 is 2.68 bits per heavy atom. The number of fused-ring (bicyclic) bond motifs is 1. The van der Waals surface area contributed by atoms with E-state index >= 15 is 0 Å². The van der Waals surface area contributed by atoms with Crippen LogP contribution in [0.2, 0.25) is 0 Å². The quantitative estimate of drug-likeness (QED) is 0.660. The van der Waals surface area contributed by atoms with Crippen LogP contribution in [0, 0.1) is 11.6 Å². The first-order valence-corrected chi connectivity index (χ1v) is 5.49. The van der Waals surface area contributed by atoms with Crippen LogP contribution >= 0.6 is 0 Å². The number of benzene rings is 2. The smallest absolute Gasteiger partial charge is 0.177 e. The number of carbonyl (C=O) groups is 1. The molecule has 0 fully saturated rings. The van der Waals surface area contributed by atoms with Crippen molar-refractivity contribution in [3.63, 3.8) is 0 Å². The van der Waals surface area contributed by atoms with Gasteiger partial charge in [-0.1, -0.05) is 11.2 Å². The maximum Gasteiger partial charge on any atom is 0.177 e. The van der Waals surface area contributed by atoms with Crippen molar-refractivity contribution in [2.45, 2.75) is 0 Å². The van der Waals surface area contributed by atoms with Crippen molar-refractivity contribution >= 4 is 17.3 Å². The van der Waals surface area contributed by atoms with Crippen molar-refractivity contribution in [2.24, 2.45) is 0 Å². The second kappa shape index (κ2) is 4.28. The Morgan fingerprint density at radius 1 is 1.11 bits per heavy atom. The van der Waals surface area contributed by atoms with E-state index in [-0.39, 0.29) is 0 Å². The SMILES string of the molecule is O=Cc1cccc2c(-c3ccc(F)c(F)c3)noc12. The monoisotopic (exact) mass is 259 g/mol. The molecule has 0 unspecified atom stereocenters. The first kappa shape index (κ1) is 11.5. The van der Waals surface area contributed by atoms with Gasteiger partial charge in [0.1, 0.15) is 5.69 Å². The van der Waals surface area contributed by atoms with Gasteiger partial charge >= 0.3 is 0 Å². The predicted octanol–water partition coefficient (Wildman–Crippen LogP) is 3.59. The average molecular weight is 259 g/mol. The molecule has 0 aliphatic rings. The summed E-state index contributed by atoms with van der Waals surface area (Å²) in [7, 11) is 0. The summed E-state index contributed by atoms with van der Waals surface area (Å²) in [4.78, 5) is 10.9. The number of aromatic nitrogens is 1. The zero-order chi connectivity index (χ0) is 13.4. The molecule has 0 atom stereocenters. The van der Waals surface area contributed by atoms with E-state index in [1.54, 1.807) is 18.2 Å². The minimum atomic E-state index is -0.958. The lowest BCUT2D eigenvalue weighted by Crippen LogP contribution is -1.86. The average Bonchev–Trinajstić information content (AvgIpc) is 2.85. The summed E-state index contributed by atoms with van der Waals surface area (Å²) in [5.41, 5.74) is 1.45. The van der Waals surface area contributed by atoms with Crippen molar-refractivity contribution in [1.29, 1.82) is 0 Å². The van der Waals surface area contributed by atoms with Gasteiger partial charge in [-0.25, -0.2) is 8.78 Å². The summed E-state index contributed by atoms with van der Waals surface area (Å²) in [6.07, 6.45) is 0.655. The largest absolute Gasteiger partial charge is 0.355 e. The van der Waals surface area contributed by atoms with Gasteiger partial charge in [-0.05, 0) is 30.3 Å². The number of para-hydroxylation sites is 1. The number of carbonyl (C=O) groups excluding carboxylic acids is 1. The lowest BCUT2D eigenvalue weighted by atomic mass is 10.1. The van der Waals surface area contributed by atoms with Crippen LogP contribution in [0.15, 0.2) is 40.9 Å². The molecule has 0 bridgehead atoms. The highest BCUT2D eigenvalue weighted by atomic mass is 19.2. The van der Waals surface area contributed by atoms with E-state index < -0.39 is 11.6 Å². The highest BCUT2D eigenvalue weighted by Gasteiger charge is 2.14. The van der Waals surface area contributed by atoms with E-state index in [0.29, 0.717) is 34.1 Å². The Bertz CT molecular complexity index is 780. The number of hydrogen-bond acceptors (Lipinski definition) is 3. The summed E-state index contributed by atoms with van der Waals surface area (Å²) in [6.45, 7) is 0. The van der Waals surface area contributed by atoms with Crippen LogP contribution in [0.25, 0.3) is 22.2 Å². The fraction of sp³-hybridized carbons (Fsp3) is 0. The lowest BCUT2D eigenvalue weighted by Gasteiger charge is -1.98. The fourth-order valence-electron chi connectivity index (χ4n) is 1.93. The van der Waals surface area contributed by atoms with E-state index in [0.717, 1.165) is 12.1 Å². The van der Waals surface area contributed by atoms with Gasteiger partial charge < -0.3 is 4.52 Å². The third-order valence-corrected chi connectivity index (χ3v) is 2.85. The molecular weight excluding hydrogens is 252 g/mol. The second-order valence-electron chi connectivity index (χ2n) is 4.00. The van der Waals surface area contributed by atoms with E-state index in [2.05, 4.69) is 5.16 Å². The first-order valence-electron chi connectivity index (χ1n) is 5.49. The Balaban J connectivity index is 2.25. The maximum absolute atomic E-state index is 13.2. The van der Waals surface area contributed by atoms with E-state index in [4.69, 9.17) is 4.52 Å². The highest BCUT2D eigenvalue weighted by Crippen LogP contribution is 2.30. The van der Waals surface area contributed by atoms with Gasteiger partial charge in [-0.15, -0.1) is 0 Å². The van der Waals surface area contributed by atoms with Crippen LogP contribution in [0.5, 0.6) is 0 Å². The van der Waals surface area contributed by atoms with E-state index in [1.807, 2.05) is 0 Å². The minimum absolute atomic E-state index is 0.331. The summed E-state index contributed by atoms with van der Waals surface area (Å²) in [5, 5.41) is 4.40. The molecule has 0 amide bonds. The van der Waals surface area contributed by atoms with Gasteiger partial charge in [-0.3, -0.25) is 4.79 Å². The van der Waals surface area contributed by atoms with E-state index in [9.17, 15) is 13.6 Å². The zero-order valence-electron chi connectivity index (χ0n) is 9.56. The molecule has 1 aromatic heterocycles. The molecule has 0 radical (unpaired) electrons. The summed E-state index contributed by atoms with van der Waals surface area (Å²) in [6, 6.07) is 8.44. The van der Waals surface area contributed by atoms with Gasteiger partial charge in [0.05, 0.1) is 10.9 Å². The normalized spacial score (nSPS) is 10.8. The van der Waals surface area contributed by atoms with Crippen LogP contribution in [0.4, 0.5) is 8.78 Å². The Morgan fingerprint density at radius 2 is 1.95 bits per heavy atom. The molecule has 94 valence electrons. The van der Waals surface area contributed by atoms with Gasteiger partial charge in [-0.2, -0.15) is 0 Å². The molecule has 3 nitrogen and oxygen atoms in total. The van der Waals surface area contributed by atoms with Crippen molar-refractivity contribution in [3.8, 4) is 11.3 Å². The number of halogens is 2. The zero-order valence-corrected chi connectivity index (χ0v) is 9.56. The molecule has 5 heteroatoms. The number of nitrogens with zero attached hydrogens (tertiary/aromatic N) is 1. The van der Waals surface area contributed by atoms with Crippen molar-refractivity contribution in [1.82, 2.24) is 5.16 Å². The van der Waals surface area contributed by atoms with Crippen molar-refractivity contribution in [3.05, 3.63) is 53.6 Å². The summed E-state index contributed by atoms with van der Waals surface area (Å²) in [5.74, 6) is -1.88. The standard InChI is InChI=1S/C14H7F2NO2/c15-11-5-4-8(6-12(11)16)13-10-3-1-2-9(7-18)14(10)19-17-13/h1-7H. The van der Waals surface area contributed by atoms with Crippen molar-refractivity contribution < 1.29 is 18.1 Å². The molecule has 0 saturated carbocycles. The molecule has 0 aliphatic carbocycles. The van der Waals surface area contributed by atoms with Gasteiger partial charge in [0.2, 0.25) is 0 Å². The second-order valence-corrected chi connectivity index (χ2v) is 4.00. The Kier molecular flexibility index (Phi) is 2.59. The molecule has 0 N–H and O–H groups in total. The number of hydrogen-bond donors (Lipinski definition) is 0. The van der Waals surface area contributed by atoms with Crippen LogP contribution in [-0.2, 0) is 0 Å². The minimum Gasteiger partial charge on any atom is -0.355 e. The van der Waals surface area contributed by atoms with Crippen LogP contribution in [0.1, 0.15) is 10.4 Å². The van der Waals surface area contributed by atoms with Gasteiger partial charge in [0.25, 0.3) is 0 Å². The molecule has 2 aromatic carbocycles. The first-order chi connectivity index (χ1) is 9.20.